The summed E-state index contributed by atoms with van der Waals surface area (Å²) in [6.07, 6.45) is 0. The maximum atomic E-state index is 13.5. The summed E-state index contributed by atoms with van der Waals surface area (Å²) in [6, 6.07) is 7.07. The van der Waals surface area contributed by atoms with Crippen LogP contribution in [0.2, 0.25) is 0 Å². The van der Waals surface area contributed by atoms with Gasteiger partial charge >= 0.3 is 0 Å². The van der Waals surface area contributed by atoms with Crippen LogP contribution in [0.15, 0.2) is 29.6 Å². The number of aryl methyl sites for hydroxylation is 2. The van der Waals surface area contributed by atoms with Crippen LogP contribution in [-0.4, -0.2) is 30.1 Å². The van der Waals surface area contributed by atoms with E-state index >= 15 is 0 Å². The number of H-pyrrole nitrogens is 1. The molecule has 0 fully saturated rings. The first-order valence-electron chi connectivity index (χ1n) is 8.09. The van der Waals surface area contributed by atoms with Gasteiger partial charge in [-0.2, -0.15) is 0 Å². The summed E-state index contributed by atoms with van der Waals surface area (Å²) < 4.78 is 18.8. The number of fused-ring (bicyclic) bond motifs is 1. The maximum absolute atomic E-state index is 13.5. The molecule has 128 valence electrons. The third-order valence-electron chi connectivity index (χ3n) is 4.45. The molecular formula is C19H23FN2OS. The second kappa shape index (κ2) is 7.47. The van der Waals surface area contributed by atoms with Crippen LogP contribution in [0.1, 0.15) is 21.7 Å². The lowest BCUT2D eigenvalue weighted by atomic mass is 10.1. The second-order valence-electron chi connectivity index (χ2n) is 6.15. The van der Waals surface area contributed by atoms with Crippen LogP contribution in [0.4, 0.5) is 4.39 Å². The quantitative estimate of drug-likeness (QED) is 0.675. The SMILES string of the molecule is COCCN(Cc1[nH]c2ccc(F)cc2c1C)Cc1sccc1C. The predicted octanol–water partition coefficient (Wildman–Crippen LogP) is 4.63. The van der Waals surface area contributed by atoms with Crippen molar-refractivity contribution >= 4 is 22.2 Å². The van der Waals surface area contributed by atoms with E-state index in [9.17, 15) is 4.39 Å². The van der Waals surface area contributed by atoms with Crippen LogP contribution in [0, 0.1) is 19.7 Å². The van der Waals surface area contributed by atoms with Gasteiger partial charge in [0.1, 0.15) is 5.82 Å². The minimum Gasteiger partial charge on any atom is -0.383 e. The summed E-state index contributed by atoms with van der Waals surface area (Å²) in [5.74, 6) is -0.193. The summed E-state index contributed by atoms with van der Waals surface area (Å²) in [5, 5.41) is 3.10. The van der Waals surface area contributed by atoms with Gasteiger partial charge in [0.15, 0.2) is 0 Å². The molecular weight excluding hydrogens is 323 g/mol. The van der Waals surface area contributed by atoms with Gasteiger partial charge in [0.2, 0.25) is 0 Å². The van der Waals surface area contributed by atoms with Crippen molar-refractivity contribution in [1.29, 1.82) is 0 Å². The number of thiophene rings is 1. The van der Waals surface area contributed by atoms with Gasteiger partial charge in [0, 0.05) is 48.2 Å². The molecule has 0 unspecified atom stereocenters. The lowest BCUT2D eigenvalue weighted by Crippen LogP contribution is -2.27. The fourth-order valence-corrected chi connectivity index (χ4v) is 3.89. The number of ether oxygens (including phenoxy) is 1. The maximum Gasteiger partial charge on any atom is 0.123 e. The molecule has 3 aromatic rings. The topological polar surface area (TPSA) is 28.3 Å². The molecule has 0 saturated heterocycles. The number of halogens is 1. The van der Waals surface area contributed by atoms with Crippen molar-refractivity contribution in [2.75, 3.05) is 20.3 Å². The van der Waals surface area contributed by atoms with E-state index < -0.39 is 0 Å². The Bertz CT molecular complexity index is 824. The first-order chi connectivity index (χ1) is 11.6. The Morgan fingerprint density at radius 3 is 2.75 bits per heavy atom. The molecule has 0 aliphatic carbocycles. The van der Waals surface area contributed by atoms with Crippen molar-refractivity contribution in [3.05, 3.63) is 57.2 Å². The van der Waals surface area contributed by atoms with Crippen LogP contribution in [0.3, 0.4) is 0 Å². The van der Waals surface area contributed by atoms with Gasteiger partial charge in [-0.25, -0.2) is 4.39 Å². The Balaban J connectivity index is 1.84. The highest BCUT2D eigenvalue weighted by molar-refractivity contribution is 7.10. The zero-order valence-electron chi connectivity index (χ0n) is 14.4. The van der Waals surface area contributed by atoms with E-state index in [1.807, 2.05) is 6.07 Å². The average molecular weight is 346 g/mol. The van der Waals surface area contributed by atoms with Crippen LogP contribution in [0.25, 0.3) is 10.9 Å². The number of nitrogens with zero attached hydrogens (tertiary/aromatic N) is 1. The summed E-state index contributed by atoms with van der Waals surface area (Å²) in [4.78, 5) is 7.20. The van der Waals surface area contributed by atoms with E-state index in [4.69, 9.17) is 4.74 Å². The van der Waals surface area contributed by atoms with Gasteiger partial charge in [-0.3, -0.25) is 4.90 Å². The molecule has 0 aliphatic heterocycles. The Morgan fingerprint density at radius 2 is 2.04 bits per heavy atom. The summed E-state index contributed by atoms with van der Waals surface area (Å²) >= 11 is 1.79. The fourth-order valence-electron chi connectivity index (χ4n) is 2.94. The minimum absolute atomic E-state index is 0.193. The van der Waals surface area contributed by atoms with Crippen molar-refractivity contribution in [3.8, 4) is 0 Å². The number of benzene rings is 1. The average Bonchev–Trinajstić information content (AvgIpc) is 3.10. The molecule has 0 saturated carbocycles. The molecule has 2 heterocycles. The van der Waals surface area contributed by atoms with Crippen molar-refractivity contribution in [1.82, 2.24) is 9.88 Å². The molecule has 0 bridgehead atoms. The smallest absolute Gasteiger partial charge is 0.123 e. The van der Waals surface area contributed by atoms with Crippen molar-refractivity contribution in [3.63, 3.8) is 0 Å². The van der Waals surface area contributed by atoms with Crippen LogP contribution >= 0.6 is 11.3 Å². The minimum atomic E-state index is -0.193. The molecule has 1 N–H and O–H groups in total. The molecule has 24 heavy (non-hydrogen) atoms. The Morgan fingerprint density at radius 1 is 1.21 bits per heavy atom. The highest BCUT2D eigenvalue weighted by atomic mass is 32.1. The van der Waals surface area contributed by atoms with Gasteiger partial charge < -0.3 is 9.72 Å². The number of nitrogens with one attached hydrogen (secondary N) is 1. The first-order valence-corrected chi connectivity index (χ1v) is 8.97. The zero-order valence-corrected chi connectivity index (χ0v) is 15.2. The van der Waals surface area contributed by atoms with Crippen LogP contribution in [0.5, 0.6) is 0 Å². The monoisotopic (exact) mass is 346 g/mol. The standard InChI is InChI=1S/C19H23FN2OS/c1-13-6-9-24-19(13)12-22(7-8-23-3)11-18-14(2)16-10-15(20)4-5-17(16)21-18/h4-6,9-10,21H,7-8,11-12H2,1-3H3. The Labute approximate surface area is 146 Å². The molecule has 0 radical (unpaired) electrons. The van der Waals surface area contributed by atoms with E-state index in [-0.39, 0.29) is 5.82 Å². The number of hydrogen-bond acceptors (Lipinski definition) is 3. The number of methoxy groups -OCH3 is 1. The zero-order chi connectivity index (χ0) is 17.1. The molecule has 0 amide bonds. The molecule has 0 spiro atoms. The van der Waals surface area contributed by atoms with E-state index in [0.29, 0.717) is 6.61 Å². The highest BCUT2D eigenvalue weighted by Crippen LogP contribution is 2.25. The third kappa shape index (κ3) is 3.69. The van der Waals surface area contributed by atoms with E-state index in [0.717, 1.165) is 41.8 Å². The molecule has 3 rings (SSSR count). The van der Waals surface area contributed by atoms with Crippen molar-refractivity contribution < 1.29 is 9.13 Å². The third-order valence-corrected chi connectivity index (χ3v) is 5.46. The van der Waals surface area contributed by atoms with Crippen molar-refractivity contribution in [2.24, 2.45) is 0 Å². The fraction of sp³-hybridized carbons (Fsp3) is 0.368. The van der Waals surface area contributed by atoms with E-state index in [2.05, 4.69) is 35.2 Å². The lowest BCUT2D eigenvalue weighted by molar-refractivity contribution is 0.140. The Hall–Kier alpha value is -1.69. The van der Waals surface area contributed by atoms with Gasteiger partial charge in [-0.1, -0.05) is 0 Å². The number of rotatable bonds is 7. The summed E-state index contributed by atoms with van der Waals surface area (Å²) in [7, 11) is 1.73. The van der Waals surface area contributed by atoms with Gasteiger partial charge in [0.25, 0.3) is 0 Å². The molecule has 2 aromatic heterocycles. The number of aromatic nitrogens is 1. The molecule has 0 aliphatic rings. The van der Waals surface area contributed by atoms with Gasteiger partial charge in [-0.15, -0.1) is 11.3 Å². The molecule has 0 atom stereocenters. The summed E-state index contributed by atoms with van der Waals surface area (Å²) in [6.45, 7) is 7.45. The molecule has 1 aromatic carbocycles. The Kier molecular flexibility index (Phi) is 5.33. The van der Waals surface area contributed by atoms with Crippen LogP contribution in [-0.2, 0) is 17.8 Å². The van der Waals surface area contributed by atoms with Gasteiger partial charge in [0.05, 0.1) is 6.61 Å². The number of aromatic amines is 1. The largest absolute Gasteiger partial charge is 0.383 e. The van der Waals surface area contributed by atoms with Crippen LogP contribution < -0.4 is 0 Å². The van der Waals surface area contributed by atoms with Gasteiger partial charge in [-0.05, 0) is 54.6 Å². The molecule has 5 heteroatoms. The van der Waals surface area contributed by atoms with E-state index in [1.165, 1.54) is 16.5 Å². The summed E-state index contributed by atoms with van der Waals surface area (Å²) in [5.41, 5.74) is 4.58. The predicted molar refractivity (Wildman–Crippen MR) is 98.0 cm³/mol. The highest BCUT2D eigenvalue weighted by Gasteiger charge is 2.14. The first kappa shape index (κ1) is 17.1. The van der Waals surface area contributed by atoms with Crippen molar-refractivity contribution in [2.45, 2.75) is 26.9 Å². The molecule has 3 nitrogen and oxygen atoms in total. The van der Waals surface area contributed by atoms with E-state index in [1.54, 1.807) is 24.5 Å². The normalized spacial score (nSPS) is 11.7. The lowest BCUT2D eigenvalue weighted by Gasteiger charge is -2.21. The number of hydrogen-bond donors (Lipinski definition) is 1. The second-order valence-corrected chi connectivity index (χ2v) is 7.15.